The number of hydrogen-bond acceptors (Lipinski definition) is 6. The van der Waals surface area contributed by atoms with Gasteiger partial charge in [-0.2, -0.15) is 0 Å². The minimum atomic E-state index is 0.430. The maximum Gasteiger partial charge on any atom is 0.157 e. The Bertz CT molecular complexity index is 536. The molecule has 6 heteroatoms. The third-order valence-electron chi connectivity index (χ3n) is 2.41. The zero-order valence-electron chi connectivity index (χ0n) is 11.7. The molecule has 0 aliphatic carbocycles. The van der Waals surface area contributed by atoms with Crippen molar-refractivity contribution in [3.05, 3.63) is 36.4 Å². The summed E-state index contributed by atoms with van der Waals surface area (Å²) in [6.45, 7) is 5.91. The van der Waals surface area contributed by atoms with Crippen LogP contribution >= 0.6 is 11.8 Å². The van der Waals surface area contributed by atoms with Crippen LogP contribution in [-0.2, 0) is 11.3 Å². The Kier molecular flexibility index (Phi) is 5.76. The van der Waals surface area contributed by atoms with Gasteiger partial charge in [0.05, 0.1) is 0 Å². The molecule has 0 saturated carbocycles. The molecule has 2 rings (SSSR count). The Morgan fingerprint density at radius 3 is 2.70 bits per heavy atom. The molecule has 0 radical (unpaired) electrons. The lowest BCUT2D eigenvalue weighted by Crippen LogP contribution is -2.05. The van der Waals surface area contributed by atoms with E-state index in [4.69, 9.17) is 4.74 Å². The lowest BCUT2D eigenvalue weighted by Gasteiger charge is -2.08. The third kappa shape index (κ3) is 4.47. The lowest BCUT2D eigenvalue weighted by molar-refractivity contribution is 0.128. The van der Waals surface area contributed by atoms with E-state index in [0.717, 1.165) is 22.3 Å². The van der Waals surface area contributed by atoms with E-state index in [2.05, 4.69) is 20.3 Å². The van der Waals surface area contributed by atoms with Crippen LogP contribution in [0, 0.1) is 0 Å². The summed E-state index contributed by atoms with van der Waals surface area (Å²) in [6, 6.07) is 5.87. The Labute approximate surface area is 123 Å². The van der Waals surface area contributed by atoms with Gasteiger partial charge in [0.2, 0.25) is 0 Å². The fourth-order valence-electron chi connectivity index (χ4n) is 1.58. The molecule has 0 fully saturated rings. The van der Waals surface area contributed by atoms with Crippen LogP contribution in [0.5, 0.6) is 0 Å². The lowest BCUT2D eigenvalue weighted by atomic mass is 10.5. The molecule has 5 nitrogen and oxygen atoms in total. The predicted molar refractivity (Wildman–Crippen MR) is 79.9 cm³/mol. The quantitative estimate of drug-likeness (QED) is 0.791. The van der Waals surface area contributed by atoms with Gasteiger partial charge in [0.1, 0.15) is 17.5 Å². The van der Waals surface area contributed by atoms with Crippen molar-refractivity contribution in [2.45, 2.75) is 30.4 Å². The van der Waals surface area contributed by atoms with Gasteiger partial charge in [-0.25, -0.2) is 9.97 Å². The largest absolute Gasteiger partial charge is 0.374 e. The Balaban J connectivity index is 2.19. The highest BCUT2D eigenvalue weighted by Gasteiger charge is 2.06. The van der Waals surface area contributed by atoms with Crippen molar-refractivity contribution in [1.82, 2.24) is 15.0 Å². The molecule has 0 bridgehead atoms. The standard InChI is InChI=1S/C14H18N4OS/c1-3-16-12-9-14(18-13(17-12)10-19-4-2)20-11-5-7-15-8-6-11/h5-9H,3-4,10H2,1-2H3,(H,16,17,18). The molecule has 0 aliphatic heterocycles. The molecule has 0 spiro atoms. The van der Waals surface area contributed by atoms with Crippen LogP contribution in [0.4, 0.5) is 5.82 Å². The molecule has 0 atom stereocenters. The number of ether oxygens (including phenoxy) is 1. The SMILES string of the molecule is CCNc1cc(Sc2ccncc2)nc(COCC)n1. The van der Waals surface area contributed by atoms with E-state index < -0.39 is 0 Å². The smallest absolute Gasteiger partial charge is 0.157 e. The van der Waals surface area contributed by atoms with Gasteiger partial charge >= 0.3 is 0 Å². The van der Waals surface area contributed by atoms with Crippen LogP contribution in [0.15, 0.2) is 40.5 Å². The van der Waals surface area contributed by atoms with Crippen molar-refractivity contribution in [3.8, 4) is 0 Å². The van der Waals surface area contributed by atoms with Crippen molar-refractivity contribution >= 4 is 17.6 Å². The maximum absolute atomic E-state index is 5.39. The monoisotopic (exact) mass is 290 g/mol. The summed E-state index contributed by atoms with van der Waals surface area (Å²) < 4.78 is 5.39. The number of nitrogens with zero attached hydrogens (tertiary/aromatic N) is 3. The van der Waals surface area contributed by atoms with Gasteiger partial charge in [0.15, 0.2) is 5.82 Å². The highest BCUT2D eigenvalue weighted by molar-refractivity contribution is 7.99. The summed E-state index contributed by atoms with van der Waals surface area (Å²) in [4.78, 5) is 14.1. The van der Waals surface area contributed by atoms with E-state index in [1.54, 1.807) is 24.2 Å². The summed E-state index contributed by atoms with van der Waals surface area (Å²) in [5.74, 6) is 1.52. The first-order valence-corrected chi connectivity index (χ1v) is 7.41. The van der Waals surface area contributed by atoms with Gasteiger partial charge in [-0.1, -0.05) is 11.8 Å². The highest BCUT2D eigenvalue weighted by atomic mass is 32.2. The average molecular weight is 290 g/mol. The van der Waals surface area contributed by atoms with Crippen LogP contribution in [0.1, 0.15) is 19.7 Å². The van der Waals surface area contributed by atoms with Crippen LogP contribution < -0.4 is 5.32 Å². The predicted octanol–water partition coefficient (Wildman–Crippen LogP) is 2.99. The van der Waals surface area contributed by atoms with Crippen molar-refractivity contribution in [1.29, 1.82) is 0 Å². The molecule has 20 heavy (non-hydrogen) atoms. The molecular formula is C14H18N4OS. The molecule has 0 aliphatic rings. The fourth-order valence-corrected chi connectivity index (χ4v) is 2.40. The Hall–Kier alpha value is -1.66. The number of rotatable bonds is 7. The maximum atomic E-state index is 5.39. The van der Waals surface area contributed by atoms with Gasteiger partial charge in [0, 0.05) is 36.5 Å². The van der Waals surface area contributed by atoms with Gasteiger partial charge in [0.25, 0.3) is 0 Å². The second-order valence-electron chi connectivity index (χ2n) is 3.96. The van der Waals surface area contributed by atoms with Crippen LogP contribution in [0.3, 0.4) is 0 Å². The van der Waals surface area contributed by atoms with E-state index in [1.807, 2.05) is 32.0 Å². The van der Waals surface area contributed by atoms with Crippen molar-refractivity contribution in [3.63, 3.8) is 0 Å². The molecular weight excluding hydrogens is 272 g/mol. The van der Waals surface area contributed by atoms with Crippen molar-refractivity contribution in [2.24, 2.45) is 0 Å². The number of hydrogen-bond donors (Lipinski definition) is 1. The van der Waals surface area contributed by atoms with Crippen LogP contribution in [-0.4, -0.2) is 28.1 Å². The molecule has 2 heterocycles. The normalized spacial score (nSPS) is 10.5. The summed E-state index contributed by atoms with van der Waals surface area (Å²) in [5, 5.41) is 4.12. The summed E-state index contributed by atoms with van der Waals surface area (Å²) in [7, 11) is 0. The Morgan fingerprint density at radius 1 is 1.20 bits per heavy atom. The highest BCUT2D eigenvalue weighted by Crippen LogP contribution is 2.26. The van der Waals surface area contributed by atoms with Gasteiger partial charge in [-0.3, -0.25) is 4.98 Å². The summed E-state index contributed by atoms with van der Waals surface area (Å²) >= 11 is 1.59. The first-order valence-electron chi connectivity index (χ1n) is 6.59. The molecule has 0 unspecified atom stereocenters. The zero-order chi connectivity index (χ0) is 14.2. The van der Waals surface area contributed by atoms with E-state index >= 15 is 0 Å². The van der Waals surface area contributed by atoms with Crippen molar-refractivity contribution in [2.75, 3.05) is 18.5 Å². The third-order valence-corrected chi connectivity index (χ3v) is 3.34. The second-order valence-corrected chi connectivity index (χ2v) is 5.05. The molecule has 0 amide bonds. The molecule has 0 aromatic carbocycles. The molecule has 2 aromatic rings. The number of anilines is 1. The molecule has 2 aromatic heterocycles. The molecule has 1 N–H and O–H groups in total. The fraction of sp³-hybridized carbons (Fsp3) is 0.357. The summed E-state index contributed by atoms with van der Waals surface area (Å²) in [6.07, 6.45) is 3.55. The van der Waals surface area contributed by atoms with E-state index in [1.165, 1.54) is 0 Å². The minimum Gasteiger partial charge on any atom is -0.374 e. The molecule has 106 valence electrons. The Morgan fingerprint density at radius 2 is 2.00 bits per heavy atom. The van der Waals surface area contributed by atoms with E-state index in [0.29, 0.717) is 19.0 Å². The van der Waals surface area contributed by atoms with Gasteiger partial charge < -0.3 is 10.1 Å². The average Bonchev–Trinajstić information content (AvgIpc) is 2.46. The number of pyridine rings is 1. The van der Waals surface area contributed by atoms with E-state index in [9.17, 15) is 0 Å². The molecule has 0 saturated heterocycles. The first kappa shape index (κ1) is 14.7. The van der Waals surface area contributed by atoms with Crippen LogP contribution in [0.25, 0.3) is 0 Å². The number of aromatic nitrogens is 3. The second kappa shape index (κ2) is 7.81. The minimum absolute atomic E-state index is 0.430. The topological polar surface area (TPSA) is 59.9 Å². The van der Waals surface area contributed by atoms with Crippen molar-refractivity contribution < 1.29 is 4.74 Å². The van der Waals surface area contributed by atoms with E-state index in [-0.39, 0.29) is 0 Å². The van der Waals surface area contributed by atoms with Crippen LogP contribution in [0.2, 0.25) is 0 Å². The van der Waals surface area contributed by atoms with Gasteiger partial charge in [-0.15, -0.1) is 0 Å². The van der Waals surface area contributed by atoms with Gasteiger partial charge in [-0.05, 0) is 26.0 Å². The number of nitrogens with one attached hydrogen (secondary N) is 1. The zero-order valence-corrected chi connectivity index (χ0v) is 12.5. The first-order chi connectivity index (χ1) is 9.81. The summed E-state index contributed by atoms with van der Waals surface area (Å²) in [5.41, 5.74) is 0.